The lowest BCUT2D eigenvalue weighted by Crippen LogP contribution is -2.21. The van der Waals surface area contributed by atoms with Crippen LogP contribution in [0.3, 0.4) is 0 Å². The first-order valence-electron chi connectivity index (χ1n) is 3.92. The molecule has 11 heavy (non-hydrogen) atoms. The fourth-order valence-corrected chi connectivity index (χ4v) is 1.34. The zero-order valence-corrected chi connectivity index (χ0v) is 6.42. The highest BCUT2D eigenvalue weighted by atomic mass is 16.5. The van der Waals surface area contributed by atoms with Gasteiger partial charge < -0.3 is 0 Å². The molecule has 3 heteroatoms. The molecule has 1 aliphatic rings. The smallest absolute Gasteiger partial charge is 0.243 e. The fraction of sp³-hybridized carbons (Fsp3) is 0.625. The van der Waals surface area contributed by atoms with Crippen molar-refractivity contribution in [1.29, 1.82) is 0 Å². The van der Waals surface area contributed by atoms with Crippen LogP contribution in [-0.4, -0.2) is 11.1 Å². The van der Waals surface area contributed by atoms with Crippen LogP contribution in [0.4, 0.5) is 0 Å². The van der Waals surface area contributed by atoms with Gasteiger partial charge in [-0.3, -0.25) is 10.0 Å². The van der Waals surface area contributed by atoms with Crippen LogP contribution in [0.5, 0.6) is 0 Å². The summed E-state index contributed by atoms with van der Waals surface area (Å²) in [5.74, 6) is 0.0393. The van der Waals surface area contributed by atoms with Crippen LogP contribution in [0.2, 0.25) is 0 Å². The van der Waals surface area contributed by atoms with Crippen molar-refractivity contribution in [1.82, 2.24) is 5.48 Å². The van der Waals surface area contributed by atoms with Crippen molar-refractivity contribution < 1.29 is 10.0 Å². The summed E-state index contributed by atoms with van der Waals surface area (Å²) < 4.78 is 0. The molecular formula is C8H13NO2. The number of nitrogens with one attached hydrogen (secondary N) is 1. The van der Waals surface area contributed by atoms with E-state index in [4.69, 9.17) is 5.21 Å². The Bertz CT molecular complexity index is 165. The van der Waals surface area contributed by atoms with Crippen LogP contribution in [0.15, 0.2) is 12.2 Å². The summed E-state index contributed by atoms with van der Waals surface area (Å²) in [6, 6.07) is 0. The standard InChI is InChI=1S/C8H13NO2/c10-8(9-11)6-7-4-2-1-3-5-7/h2,4,7,11H,1,3,5-6H2,(H,9,10). The molecule has 2 N–H and O–H groups in total. The van der Waals surface area contributed by atoms with Gasteiger partial charge in [-0.15, -0.1) is 0 Å². The lowest BCUT2D eigenvalue weighted by molar-refractivity contribution is -0.129. The maximum atomic E-state index is 10.7. The number of hydrogen-bond donors (Lipinski definition) is 2. The van der Waals surface area contributed by atoms with Crippen LogP contribution in [-0.2, 0) is 4.79 Å². The predicted molar refractivity (Wildman–Crippen MR) is 41.0 cm³/mol. The Kier molecular flexibility index (Phi) is 3.11. The van der Waals surface area contributed by atoms with E-state index in [1.807, 2.05) is 0 Å². The third-order valence-electron chi connectivity index (χ3n) is 1.93. The zero-order valence-electron chi connectivity index (χ0n) is 6.42. The number of carbonyl (C=O) groups is 1. The van der Waals surface area contributed by atoms with E-state index >= 15 is 0 Å². The number of hydroxylamine groups is 1. The Morgan fingerprint density at radius 3 is 3.09 bits per heavy atom. The van der Waals surface area contributed by atoms with Gasteiger partial charge in [-0.1, -0.05) is 12.2 Å². The van der Waals surface area contributed by atoms with Gasteiger partial charge in [-0.05, 0) is 25.2 Å². The van der Waals surface area contributed by atoms with Gasteiger partial charge in [0, 0.05) is 6.42 Å². The van der Waals surface area contributed by atoms with Gasteiger partial charge in [-0.25, -0.2) is 5.48 Å². The molecule has 62 valence electrons. The Labute approximate surface area is 66.1 Å². The fourth-order valence-electron chi connectivity index (χ4n) is 1.34. The Hall–Kier alpha value is -0.830. The summed E-state index contributed by atoms with van der Waals surface area (Å²) in [5.41, 5.74) is 1.64. The van der Waals surface area contributed by atoms with Crippen molar-refractivity contribution in [2.75, 3.05) is 0 Å². The van der Waals surface area contributed by atoms with Crippen molar-refractivity contribution in [2.45, 2.75) is 25.7 Å². The Morgan fingerprint density at radius 2 is 2.55 bits per heavy atom. The van der Waals surface area contributed by atoms with Crippen LogP contribution in [0.25, 0.3) is 0 Å². The molecule has 1 unspecified atom stereocenters. The molecule has 0 fully saturated rings. The summed E-state index contributed by atoms with van der Waals surface area (Å²) in [6.07, 6.45) is 7.89. The molecule has 1 amide bonds. The van der Waals surface area contributed by atoms with E-state index in [0.717, 1.165) is 19.3 Å². The monoisotopic (exact) mass is 155 g/mol. The second-order valence-corrected chi connectivity index (χ2v) is 2.86. The molecule has 0 heterocycles. The summed E-state index contributed by atoms with van der Waals surface area (Å²) in [6.45, 7) is 0. The van der Waals surface area contributed by atoms with Crippen molar-refractivity contribution in [2.24, 2.45) is 5.92 Å². The van der Waals surface area contributed by atoms with Crippen LogP contribution >= 0.6 is 0 Å². The average Bonchev–Trinajstić information content (AvgIpc) is 2.06. The minimum Gasteiger partial charge on any atom is -0.289 e. The minimum absolute atomic E-state index is 0.290. The number of carbonyl (C=O) groups excluding carboxylic acids is 1. The highest BCUT2D eigenvalue weighted by Crippen LogP contribution is 2.19. The summed E-state index contributed by atoms with van der Waals surface area (Å²) in [7, 11) is 0. The molecular weight excluding hydrogens is 142 g/mol. The molecule has 1 aliphatic carbocycles. The van der Waals surface area contributed by atoms with Crippen molar-refractivity contribution >= 4 is 5.91 Å². The molecule has 0 aliphatic heterocycles. The van der Waals surface area contributed by atoms with Crippen LogP contribution in [0, 0.1) is 5.92 Å². The molecule has 3 nitrogen and oxygen atoms in total. The number of rotatable bonds is 2. The third kappa shape index (κ3) is 2.72. The molecule has 0 aromatic carbocycles. The molecule has 1 rings (SSSR count). The maximum Gasteiger partial charge on any atom is 0.243 e. The van der Waals surface area contributed by atoms with E-state index in [1.54, 1.807) is 5.48 Å². The Balaban J connectivity index is 2.30. The lowest BCUT2D eigenvalue weighted by atomic mass is 9.93. The number of amides is 1. The van der Waals surface area contributed by atoms with Gasteiger partial charge in [0.05, 0.1) is 0 Å². The highest BCUT2D eigenvalue weighted by Gasteiger charge is 2.11. The minimum atomic E-state index is -0.290. The first-order chi connectivity index (χ1) is 5.33. The topological polar surface area (TPSA) is 49.3 Å². The molecule has 0 bridgehead atoms. The number of hydrogen-bond acceptors (Lipinski definition) is 2. The quantitative estimate of drug-likeness (QED) is 0.358. The van der Waals surface area contributed by atoms with Gasteiger partial charge in [0.25, 0.3) is 0 Å². The molecule has 0 aromatic heterocycles. The first kappa shape index (κ1) is 8.27. The molecule has 0 aromatic rings. The van der Waals surface area contributed by atoms with E-state index in [9.17, 15) is 4.79 Å². The normalized spacial score (nSPS) is 23.2. The molecule has 0 saturated carbocycles. The van der Waals surface area contributed by atoms with Crippen molar-refractivity contribution in [3.63, 3.8) is 0 Å². The molecule has 0 radical (unpaired) electrons. The predicted octanol–water partition coefficient (Wildman–Crippen LogP) is 1.24. The lowest BCUT2D eigenvalue weighted by Gasteiger charge is -2.14. The van der Waals surface area contributed by atoms with Crippen molar-refractivity contribution in [3.05, 3.63) is 12.2 Å². The second-order valence-electron chi connectivity index (χ2n) is 2.86. The van der Waals surface area contributed by atoms with Gasteiger partial charge in [0.15, 0.2) is 0 Å². The number of allylic oxidation sites excluding steroid dienone is 2. The zero-order chi connectivity index (χ0) is 8.10. The second kappa shape index (κ2) is 4.13. The van der Waals surface area contributed by atoms with E-state index in [2.05, 4.69) is 12.2 Å². The van der Waals surface area contributed by atoms with Crippen LogP contribution in [0.1, 0.15) is 25.7 Å². The van der Waals surface area contributed by atoms with E-state index in [1.165, 1.54) is 0 Å². The molecule has 0 saturated heterocycles. The molecule has 0 spiro atoms. The van der Waals surface area contributed by atoms with Gasteiger partial charge in [0.1, 0.15) is 0 Å². The van der Waals surface area contributed by atoms with Gasteiger partial charge in [-0.2, -0.15) is 0 Å². The summed E-state index contributed by atoms with van der Waals surface area (Å²) in [4.78, 5) is 10.7. The first-order valence-corrected chi connectivity index (χ1v) is 3.92. The average molecular weight is 155 g/mol. The third-order valence-corrected chi connectivity index (χ3v) is 1.93. The largest absolute Gasteiger partial charge is 0.289 e. The van der Waals surface area contributed by atoms with E-state index in [0.29, 0.717) is 12.3 Å². The summed E-state index contributed by atoms with van der Waals surface area (Å²) >= 11 is 0. The maximum absolute atomic E-state index is 10.7. The summed E-state index contributed by atoms with van der Waals surface area (Å²) in [5, 5.41) is 8.24. The van der Waals surface area contributed by atoms with Gasteiger partial charge in [0.2, 0.25) is 5.91 Å². The van der Waals surface area contributed by atoms with E-state index in [-0.39, 0.29) is 5.91 Å². The van der Waals surface area contributed by atoms with Gasteiger partial charge >= 0.3 is 0 Å². The molecule has 1 atom stereocenters. The van der Waals surface area contributed by atoms with E-state index < -0.39 is 0 Å². The highest BCUT2D eigenvalue weighted by molar-refractivity contribution is 5.75. The SMILES string of the molecule is O=C(CC1C=CCCC1)NO. The van der Waals surface area contributed by atoms with Crippen LogP contribution < -0.4 is 5.48 Å². The Morgan fingerprint density at radius 1 is 1.73 bits per heavy atom. The van der Waals surface area contributed by atoms with Crippen molar-refractivity contribution in [3.8, 4) is 0 Å².